The first-order valence-corrected chi connectivity index (χ1v) is 11.9. The van der Waals surface area contributed by atoms with E-state index in [9.17, 15) is 0 Å². The molecule has 182 valence electrons. The van der Waals surface area contributed by atoms with E-state index in [1.165, 1.54) is 0 Å². The second kappa shape index (κ2) is 11.0. The number of allylic oxidation sites excluding steroid dienone is 2. The molecule has 0 aromatic carbocycles. The summed E-state index contributed by atoms with van der Waals surface area (Å²) in [6.07, 6.45) is 12.4. The van der Waals surface area contributed by atoms with Gasteiger partial charge in [0.05, 0.1) is 36.1 Å². The first-order chi connectivity index (χ1) is 17.0. The molecule has 8 heteroatoms. The van der Waals surface area contributed by atoms with Crippen molar-refractivity contribution in [3.8, 4) is 11.5 Å². The van der Waals surface area contributed by atoms with E-state index in [2.05, 4.69) is 44.1 Å². The number of rotatable bonds is 4. The number of aryl methyl sites for hydroxylation is 1. The summed E-state index contributed by atoms with van der Waals surface area (Å²) in [7, 11) is 0. The average Bonchev–Trinajstić information content (AvgIpc) is 2.85. The summed E-state index contributed by atoms with van der Waals surface area (Å²) in [6, 6.07) is 1.89. The smallest absolute Gasteiger partial charge is 0.139 e. The Morgan fingerprint density at radius 2 is 2.14 bits per heavy atom. The van der Waals surface area contributed by atoms with Crippen LogP contribution in [-0.2, 0) is 6.42 Å². The normalized spacial score (nSPS) is 18.1. The first kappa shape index (κ1) is 24.2. The molecule has 4 bridgehead atoms. The van der Waals surface area contributed by atoms with Crippen molar-refractivity contribution in [3.63, 3.8) is 0 Å². The maximum atomic E-state index is 6.41. The van der Waals surface area contributed by atoms with Crippen molar-refractivity contribution in [1.82, 2.24) is 15.3 Å². The number of hydrogen-bond acceptors (Lipinski definition) is 8. The average molecular weight is 473 g/mol. The number of amidine groups is 1. The number of aromatic nitrogens is 2. The summed E-state index contributed by atoms with van der Waals surface area (Å²) in [5.41, 5.74) is 4.24. The third kappa shape index (κ3) is 5.59. The third-order valence-corrected chi connectivity index (χ3v) is 5.64. The van der Waals surface area contributed by atoms with Gasteiger partial charge in [-0.3, -0.25) is 15.0 Å². The summed E-state index contributed by atoms with van der Waals surface area (Å²) in [5, 5.41) is 6.73. The molecule has 0 amide bonds. The predicted octanol–water partition coefficient (Wildman–Crippen LogP) is 4.79. The summed E-state index contributed by atoms with van der Waals surface area (Å²) in [6.45, 7) is 13.1. The van der Waals surface area contributed by atoms with Gasteiger partial charge >= 0.3 is 0 Å². The number of hydrogen-bond donors (Lipinski definition) is 2. The van der Waals surface area contributed by atoms with Crippen molar-refractivity contribution in [3.05, 3.63) is 77.7 Å². The number of nitrogens with zero attached hydrogens (tertiary/aromatic N) is 4. The monoisotopic (exact) mass is 472 g/mol. The van der Waals surface area contributed by atoms with Gasteiger partial charge in [0.1, 0.15) is 29.0 Å². The minimum atomic E-state index is -0.107. The molecule has 8 nitrogen and oxygen atoms in total. The van der Waals surface area contributed by atoms with Crippen LogP contribution in [0.3, 0.4) is 0 Å². The van der Waals surface area contributed by atoms with Crippen LogP contribution >= 0.6 is 0 Å². The van der Waals surface area contributed by atoms with Gasteiger partial charge in [0.25, 0.3) is 0 Å². The van der Waals surface area contributed by atoms with E-state index in [1.54, 1.807) is 18.6 Å². The Kier molecular flexibility index (Phi) is 7.60. The van der Waals surface area contributed by atoms with Crippen LogP contribution in [0, 0.1) is 0 Å². The Bertz CT molecular complexity index is 1230. The zero-order valence-electron chi connectivity index (χ0n) is 20.8. The van der Waals surface area contributed by atoms with Crippen molar-refractivity contribution in [1.29, 1.82) is 0 Å². The van der Waals surface area contributed by atoms with Gasteiger partial charge in [-0.05, 0) is 38.8 Å². The number of ether oxygens (including phenoxy) is 2. The van der Waals surface area contributed by atoms with Crippen LogP contribution in [0.4, 0.5) is 5.82 Å². The number of aliphatic imine (C=N–C) groups is 2. The molecule has 35 heavy (non-hydrogen) atoms. The highest BCUT2D eigenvalue weighted by atomic mass is 16.5. The molecule has 4 rings (SSSR count). The molecular weight excluding hydrogens is 440 g/mol. The molecule has 0 fully saturated rings. The van der Waals surface area contributed by atoms with E-state index in [4.69, 9.17) is 9.47 Å². The molecule has 0 saturated heterocycles. The van der Waals surface area contributed by atoms with Crippen molar-refractivity contribution >= 4 is 17.4 Å². The molecule has 1 atom stereocenters. The van der Waals surface area contributed by atoms with Crippen LogP contribution in [-0.4, -0.2) is 40.8 Å². The molecule has 2 N–H and O–H groups in total. The molecule has 2 aliphatic rings. The van der Waals surface area contributed by atoms with Gasteiger partial charge in [-0.15, -0.1) is 0 Å². The molecule has 0 aliphatic carbocycles. The molecule has 2 aromatic heterocycles. The molecule has 4 heterocycles. The fraction of sp³-hybridized carbons (Fsp3) is 0.333. The van der Waals surface area contributed by atoms with Crippen LogP contribution in [0.1, 0.15) is 50.8 Å². The molecule has 0 saturated carbocycles. The van der Waals surface area contributed by atoms with Gasteiger partial charge in [-0.25, -0.2) is 4.98 Å². The quantitative estimate of drug-likeness (QED) is 0.622. The zero-order chi connectivity index (χ0) is 24.8. The Balaban J connectivity index is 1.75. The van der Waals surface area contributed by atoms with Gasteiger partial charge in [-0.2, -0.15) is 0 Å². The number of fused-ring (bicyclic) bond motifs is 6. The van der Waals surface area contributed by atoms with Crippen LogP contribution in [0.5, 0.6) is 11.5 Å². The highest BCUT2D eigenvalue weighted by Gasteiger charge is 2.21. The van der Waals surface area contributed by atoms with E-state index >= 15 is 0 Å². The lowest BCUT2D eigenvalue weighted by atomic mass is 10.1. The molecule has 2 aliphatic heterocycles. The Hall–Kier alpha value is -3.94. The zero-order valence-corrected chi connectivity index (χ0v) is 20.8. The van der Waals surface area contributed by atoms with Crippen molar-refractivity contribution in [2.24, 2.45) is 9.98 Å². The number of nitrogens with one attached hydrogen (secondary N) is 2. The fourth-order valence-corrected chi connectivity index (χ4v) is 3.84. The van der Waals surface area contributed by atoms with Gasteiger partial charge < -0.3 is 20.1 Å². The van der Waals surface area contributed by atoms with Crippen molar-refractivity contribution in [2.75, 3.05) is 18.5 Å². The van der Waals surface area contributed by atoms with Crippen LogP contribution in [0.25, 0.3) is 0 Å². The maximum Gasteiger partial charge on any atom is 0.139 e. The van der Waals surface area contributed by atoms with Crippen LogP contribution in [0.2, 0.25) is 0 Å². The molecule has 0 spiro atoms. The lowest BCUT2D eigenvalue weighted by Crippen LogP contribution is -2.32. The standard InChI is InChI=1S/C27H32N6O2/c1-6-10-29-25(17(3)4)20-16-31-24-13-22(20)35-18(5)9-12-34-26-19(7-2)14-28-15-21(26)27-30-11-8-23(32-24)33-27/h6,8,10,13-16,18H,3,7,9,11-12H2,1-2,4-5H3,(H,30,33)(H,31,32)/b10-6+,29-25?/t18-/m0/s1. The van der Waals surface area contributed by atoms with E-state index in [0.717, 1.165) is 46.0 Å². The van der Waals surface area contributed by atoms with Crippen molar-refractivity contribution in [2.45, 2.75) is 46.6 Å². The molecule has 0 unspecified atom stereocenters. The fourth-order valence-electron chi connectivity index (χ4n) is 3.84. The SMILES string of the molecule is C=C(C)C(=N/C=C/C)c1cnc2cc1O[C@@H](C)CCOc1c(CC)cncc1C1=NCC=C(N1)N2. The van der Waals surface area contributed by atoms with Gasteiger partial charge in [0.15, 0.2) is 0 Å². The second-order valence-electron chi connectivity index (χ2n) is 8.46. The van der Waals surface area contributed by atoms with E-state index in [0.29, 0.717) is 37.0 Å². The Morgan fingerprint density at radius 3 is 2.91 bits per heavy atom. The first-order valence-electron chi connectivity index (χ1n) is 11.9. The number of anilines is 1. The predicted molar refractivity (Wildman–Crippen MR) is 140 cm³/mol. The third-order valence-electron chi connectivity index (χ3n) is 5.64. The minimum Gasteiger partial charge on any atom is -0.492 e. The van der Waals surface area contributed by atoms with E-state index in [1.807, 2.05) is 45.2 Å². The molecule has 0 radical (unpaired) electrons. The van der Waals surface area contributed by atoms with Gasteiger partial charge in [-0.1, -0.05) is 19.6 Å². The summed E-state index contributed by atoms with van der Waals surface area (Å²) in [5.74, 6) is 3.63. The highest BCUT2D eigenvalue weighted by molar-refractivity contribution is 6.13. The van der Waals surface area contributed by atoms with E-state index < -0.39 is 0 Å². The maximum absolute atomic E-state index is 6.41. The lowest BCUT2D eigenvalue weighted by Gasteiger charge is -2.24. The summed E-state index contributed by atoms with van der Waals surface area (Å²) in [4.78, 5) is 18.3. The Morgan fingerprint density at radius 1 is 1.29 bits per heavy atom. The summed E-state index contributed by atoms with van der Waals surface area (Å²) < 4.78 is 12.7. The minimum absolute atomic E-state index is 0.107. The van der Waals surface area contributed by atoms with Gasteiger partial charge in [0.2, 0.25) is 0 Å². The Labute approximate surface area is 206 Å². The molecule has 2 aromatic rings. The van der Waals surface area contributed by atoms with Gasteiger partial charge in [0, 0.05) is 42.8 Å². The topological polar surface area (TPSA) is 93.0 Å². The summed E-state index contributed by atoms with van der Waals surface area (Å²) >= 11 is 0. The number of pyridine rings is 2. The van der Waals surface area contributed by atoms with Crippen molar-refractivity contribution < 1.29 is 9.47 Å². The molecular formula is C27H32N6O2. The lowest BCUT2D eigenvalue weighted by molar-refractivity contribution is 0.176. The van der Waals surface area contributed by atoms with Crippen LogP contribution < -0.4 is 20.1 Å². The second-order valence-corrected chi connectivity index (χ2v) is 8.46. The largest absolute Gasteiger partial charge is 0.492 e. The van der Waals surface area contributed by atoms with E-state index in [-0.39, 0.29) is 6.10 Å². The highest BCUT2D eigenvalue weighted by Crippen LogP contribution is 2.29. The van der Waals surface area contributed by atoms with Crippen LogP contribution in [0.15, 0.2) is 71.0 Å².